The quantitative estimate of drug-likeness (QED) is 0.778. The Balaban J connectivity index is 1.90. The molecule has 0 N–H and O–H groups in total. The monoisotopic (exact) mass is 276 g/mol. The second-order valence-corrected chi connectivity index (χ2v) is 4.98. The molecule has 4 heteroatoms. The zero-order chi connectivity index (χ0) is 13.8. The molecule has 1 aromatic heterocycles. The second kappa shape index (κ2) is 6.02. The number of Topliss-reactive ketones (excluding diaryl/α,β-unsaturated/α-hetero) is 1. The maximum atomic E-state index is 11.9. The second-order valence-electron chi connectivity index (χ2n) is 4.60. The number of ketones is 1. The number of carbonyl (C=O) groups excluding carboxylic acids is 1. The van der Waals surface area contributed by atoms with Crippen molar-refractivity contribution < 1.29 is 4.79 Å². The van der Waals surface area contributed by atoms with Crippen molar-refractivity contribution in [2.75, 3.05) is 0 Å². The lowest BCUT2D eigenvalue weighted by atomic mass is 10.1. The fourth-order valence-electron chi connectivity index (χ4n) is 2.05. The van der Waals surface area contributed by atoms with Crippen LogP contribution in [0.15, 0.2) is 30.3 Å². The SMILES string of the molecule is Cc1nn(CCCC(=O)c2ccccc2)c(C)c1Cl. The van der Waals surface area contributed by atoms with Gasteiger partial charge in [-0.05, 0) is 20.3 Å². The van der Waals surface area contributed by atoms with Crippen LogP contribution in [0.5, 0.6) is 0 Å². The molecule has 0 aliphatic rings. The number of hydrogen-bond donors (Lipinski definition) is 0. The van der Waals surface area contributed by atoms with E-state index in [4.69, 9.17) is 11.6 Å². The van der Waals surface area contributed by atoms with Gasteiger partial charge in [0, 0.05) is 18.5 Å². The molecule has 1 heterocycles. The van der Waals surface area contributed by atoms with Gasteiger partial charge in [-0.1, -0.05) is 41.9 Å². The van der Waals surface area contributed by atoms with Crippen molar-refractivity contribution >= 4 is 17.4 Å². The first-order valence-electron chi connectivity index (χ1n) is 6.37. The molecule has 0 atom stereocenters. The fraction of sp³-hybridized carbons (Fsp3) is 0.333. The van der Waals surface area contributed by atoms with Gasteiger partial charge in [-0.15, -0.1) is 0 Å². The number of aromatic nitrogens is 2. The van der Waals surface area contributed by atoms with Gasteiger partial charge in [0.1, 0.15) is 0 Å². The lowest BCUT2D eigenvalue weighted by Gasteiger charge is -2.04. The number of benzene rings is 1. The number of carbonyl (C=O) groups is 1. The van der Waals surface area contributed by atoms with E-state index in [1.165, 1.54) is 0 Å². The van der Waals surface area contributed by atoms with Crippen molar-refractivity contribution in [2.45, 2.75) is 33.2 Å². The smallest absolute Gasteiger partial charge is 0.162 e. The van der Waals surface area contributed by atoms with E-state index in [0.717, 1.165) is 34.9 Å². The summed E-state index contributed by atoms with van der Waals surface area (Å²) in [6.45, 7) is 4.56. The van der Waals surface area contributed by atoms with E-state index < -0.39 is 0 Å². The molecule has 0 aliphatic heterocycles. The van der Waals surface area contributed by atoms with Gasteiger partial charge in [-0.3, -0.25) is 9.48 Å². The van der Waals surface area contributed by atoms with Gasteiger partial charge in [0.25, 0.3) is 0 Å². The van der Waals surface area contributed by atoms with Crippen LogP contribution < -0.4 is 0 Å². The molecule has 0 bridgehead atoms. The van der Waals surface area contributed by atoms with E-state index in [1.807, 2.05) is 48.9 Å². The summed E-state index contributed by atoms with van der Waals surface area (Å²) in [5.41, 5.74) is 2.58. The van der Waals surface area contributed by atoms with Crippen molar-refractivity contribution in [1.82, 2.24) is 9.78 Å². The standard InChI is InChI=1S/C15H17ClN2O/c1-11-15(16)12(2)18(17-11)10-6-9-14(19)13-7-4-3-5-8-13/h3-5,7-8H,6,9-10H2,1-2H3. The van der Waals surface area contributed by atoms with Crippen LogP contribution in [0.4, 0.5) is 0 Å². The minimum absolute atomic E-state index is 0.174. The summed E-state index contributed by atoms with van der Waals surface area (Å²) in [6.07, 6.45) is 1.30. The summed E-state index contributed by atoms with van der Waals surface area (Å²) in [5, 5.41) is 5.07. The van der Waals surface area contributed by atoms with Crippen LogP contribution in [-0.2, 0) is 6.54 Å². The Bertz CT molecular complexity index is 575. The summed E-state index contributed by atoms with van der Waals surface area (Å²) in [7, 11) is 0. The Kier molecular flexibility index (Phi) is 4.38. The average molecular weight is 277 g/mol. The molecule has 100 valence electrons. The minimum atomic E-state index is 0.174. The maximum Gasteiger partial charge on any atom is 0.162 e. The molecule has 3 nitrogen and oxygen atoms in total. The first-order valence-corrected chi connectivity index (χ1v) is 6.75. The molecule has 2 rings (SSSR count). The molecule has 0 spiro atoms. The zero-order valence-electron chi connectivity index (χ0n) is 11.2. The third kappa shape index (κ3) is 3.24. The van der Waals surface area contributed by atoms with Gasteiger partial charge >= 0.3 is 0 Å². The van der Waals surface area contributed by atoms with Crippen LogP contribution in [0.25, 0.3) is 0 Å². The van der Waals surface area contributed by atoms with E-state index in [0.29, 0.717) is 6.42 Å². The lowest BCUT2D eigenvalue weighted by molar-refractivity contribution is 0.0978. The summed E-state index contributed by atoms with van der Waals surface area (Å²) in [5.74, 6) is 0.174. The van der Waals surface area contributed by atoms with E-state index >= 15 is 0 Å². The largest absolute Gasteiger partial charge is 0.294 e. The van der Waals surface area contributed by atoms with Gasteiger partial charge in [-0.2, -0.15) is 5.10 Å². The Morgan fingerprint density at radius 1 is 1.26 bits per heavy atom. The van der Waals surface area contributed by atoms with E-state index in [2.05, 4.69) is 5.10 Å². The summed E-state index contributed by atoms with van der Waals surface area (Å²) in [4.78, 5) is 11.9. The minimum Gasteiger partial charge on any atom is -0.294 e. The van der Waals surface area contributed by atoms with Gasteiger partial charge in [0.2, 0.25) is 0 Å². The Labute approximate surface area is 118 Å². The molecule has 2 aromatic rings. The van der Waals surface area contributed by atoms with Crippen LogP contribution in [0, 0.1) is 13.8 Å². The Morgan fingerprint density at radius 2 is 1.95 bits per heavy atom. The van der Waals surface area contributed by atoms with Crippen LogP contribution in [0.2, 0.25) is 5.02 Å². The molecule has 1 aromatic carbocycles. The molecular formula is C15H17ClN2O. The van der Waals surface area contributed by atoms with Crippen molar-refractivity contribution in [1.29, 1.82) is 0 Å². The van der Waals surface area contributed by atoms with E-state index in [9.17, 15) is 4.79 Å². The van der Waals surface area contributed by atoms with Gasteiger partial charge in [-0.25, -0.2) is 0 Å². The van der Waals surface area contributed by atoms with Gasteiger partial charge in [0.15, 0.2) is 5.78 Å². The summed E-state index contributed by atoms with van der Waals surface area (Å²) in [6, 6.07) is 9.38. The van der Waals surface area contributed by atoms with Crippen LogP contribution in [0.3, 0.4) is 0 Å². The molecule has 0 unspecified atom stereocenters. The predicted octanol–water partition coefficient (Wildman–Crippen LogP) is 3.82. The highest BCUT2D eigenvalue weighted by atomic mass is 35.5. The molecule has 0 fully saturated rings. The number of halogens is 1. The highest BCUT2D eigenvalue weighted by Gasteiger charge is 2.10. The fourth-order valence-corrected chi connectivity index (χ4v) is 2.19. The highest BCUT2D eigenvalue weighted by Crippen LogP contribution is 2.19. The van der Waals surface area contributed by atoms with Crippen molar-refractivity contribution in [3.63, 3.8) is 0 Å². The van der Waals surface area contributed by atoms with Gasteiger partial charge < -0.3 is 0 Å². The average Bonchev–Trinajstić information content (AvgIpc) is 2.67. The Hall–Kier alpha value is -1.61. The van der Waals surface area contributed by atoms with Crippen molar-refractivity contribution in [3.05, 3.63) is 52.3 Å². The summed E-state index contributed by atoms with van der Waals surface area (Å²) < 4.78 is 1.87. The van der Waals surface area contributed by atoms with Crippen LogP contribution in [-0.4, -0.2) is 15.6 Å². The highest BCUT2D eigenvalue weighted by molar-refractivity contribution is 6.31. The molecule has 19 heavy (non-hydrogen) atoms. The van der Waals surface area contributed by atoms with Crippen LogP contribution in [0.1, 0.15) is 34.6 Å². The number of aryl methyl sites for hydroxylation is 2. The van der Waals surface area contributed by atoms with Crippen molar-refractivity contribution in [3.8, 4) is 0 Å². The van der Waals surface area contributed by atoms with E-state index in [-0.39, 0.29) is 5.78 Å². The lowest BCUT2D eigenvalue weighted by Crippen LogP contribution is -2.06. The molecule has 0 radical (unpaired) electrons. The van der Waals surface area contributed by atoms with Crippen LogP contribution >= 0.6 is 11.6 Å². The third-order valence-electron chi connectivity index (χ3n) is 3.16. The van der Waals surface area contributed by atoms with Gasteiger partial charge in [0.05, 0.1) is 16.4 Å². The number of nitrogens with zero attached hydrogens (tertiary/aromatic N) is 2. The first-order chi connectivity index (χ1) is 9.09. The number of rotatable bonds is 5. The number of hydrogen-bond acceptors (Lipinski definition) is 2. The summed E-state index contributed by atoms with van der Waals surface area (Å²) >= 11 is 6.09. The third-order valence-corrected chi connectivity index (χ3v) is 3.71. The Morgan fingerprint density at radius 3 is 2.53 bits per heavy atom. The molecular weight excluding hydrogens is 260 g/mol. The topological polar surface area (TPSA) is 34.9 Å². The molecule has 0 saturated heterocycles. The van der Waals surface area contributed by atoms with Crippen molar-refractivity contribution in [2.24, 2.45) is 0 Å². The predicted molar refractivity (Wildman–Crippen MR) is 76.7 cm³/mol. The van der Waals surface area contributed by atoms with E-state index in [1.54, 1.807) is 0 Å². The first kappa shape index (κ1) is 13.8. The molecule has 0 amide bonds. The maximum absolute atomic E-state index is 11.9. The zero-order valence-corrected chi connectivity index (χ0v) is 11.9. The molecule has 0 saturated carbocycles. The molecule has 0 aliphatic carbocycles. The normalized spacial score (nSPS) is 10.7.